The first kappa shape index (κ1) is 21.8. The van der Waals surface area contributed by atoms with Crippen LogP contribution in [0, 0.1) is 0 Å². The normalized spacial score (nSPS) is 11.7. The average Bonchev–Trinajstić information content (AvgIpc) is 2.73. The summed E-state index contributed by atoms with van der Waals surface area (Å²) in [6.07, 6.45) is 2.42. The van der Waals surface area contributed by atoms with Crippen LogP contribution in [0.1, 0.15) is 28.9 Å². The lowest BCUT2D eigenvalue weighted by molar-refractivity contribution is -0.110. The van der Waals surface area contributed by atoms with Gasteiger partial charge in [-0.2, -0.15) is 0 Å². The summed E-state index contributed by atoms with van der Waals surface area (Å²) in [5, 5.41) is 0.941. The molecule has 0 fully saturated rings. The molecule has 3 rings (SSSR count). The van der Waals surface area contributed by atoms with Crippen molar-refractivity contribution in [1.82, 2.24) is 4.57 Å². The Hall–Kier alpha value is -2.89. The highest BCUT2D eigenvalue weighted by molar-refractivity contribution is 6.31. The molecule has 0 amide bonds. The first-order valence-corrected chi connectivity index (χ1v) is 9.91. The number of carbonyl (C=O) groups excluding carboxylic acids is 2. The van der Waals surface area contributed by atoms with Gasteiger partial charge in [0.15, 0.2) is 5.78 Å². The largest absolute Gasteiger partial charge is 0.495 e. The summed E-state index contributed by atoms with van der Waals surface area (Å²) in [6, 6.07) is 12.6. The van der Waals surface area contributed by atoms with Gasteiger partial charge in [-0.15, -0.1) is 0 Å². The number of nitrogens with zero attached hydrogens (tertiary/aromatic N) is 1. The number of halogens is 2. The number of hydrogen-bond acceptors (Lipinski definition) is 4. The third-order valence-corrected chi connectivity index (χ3v) is 5.42. The van der Waals surface area contributed by atoms with Crippen LogP contribution in [0.25, 0.3) is 11.1 Å². The molecule has 0 saturated heterocycles. The zero-order valence-electron chi connectivity index (χ0n) is 16.4. The van der Waals surface area contributed by atoms with Crippen molar-refractivity contribution < 1.29 is 14.3 Å². The van der Waals surface area contributed by atoms with Gasteiger partial charge < -0.3 is 14.1 Å². The molecule has 0 N–H and O–H groups in total. The Balaban J connectivity index is 2.12. The van der Waals surface area contributed by atoms with Gasteiger partial charge in [0.1, 0.15) is 12.0 Å². The second kappa shape index (κ2) is 9.28. The molecule has 0 aliphatic rings. The molecule has 0 spiro atoms. The zero-order chi connectivity index (χ0) is 21.8. The number of rotatable bonds is 7. The number of benzene rings is 2. The summed E-state index contributed by atoms with van der Waals surface area (Å²) in [5.74, 6) is 0.169. The topological polar surface area (TPSA) is 65.4 Å². The minimum absolute atomic E-state index is 0.169. The molecule has 3 aromatic rings. The van der Waals surface area contributed by atoms with Crippen molar-refractivity contribution in [2.75, 3.05) is 7.11 Å². The highest BCUT2D eigenvalue weighted by Gasteiger charge is 2.20. The van der Waals surface area contributed by atoms with Crippen molar-refractivity contribution >= 4 is 35.3 Å². The van der Waals surface area contributed by atoms with Gasteiger partial charge in [0, 0.05) is 33.7 Å². The fourth-order valence-electron chi connectivity index (χ4n) is 3.31. The molecular formula is C23H19Cl2NO4. The van der Waals surface area contributed by atoms with E-state index in [1.165, 1.54) is 30.9 Å². The summed E-state index contributed by atoms with van der Waals surface area (Å²) < 4.78 is 6.78. The van der Waals surface area contributed by atoms with Crippen LogP contribution >= 0.6 is 23.2 Å². The quantitative estimate of drug-likeness (QED) is 0.379. The van der Waals surface area contributed by atoms with Crippen LogP contribution < -0.4 is 10.3 Å². The van der Waals surface area contributed by atoms with Crippen molar-refractivity contribution in [3.05, 3.63) is 86.3 Å². The number of methoxy groups -OCH3 is 1. The van der Waals surface area contributed by atoms with E-state index in [0.29, 0.717) is 38.8 Å². The number of carbonyl (C=O) groups is 2. The molecule has 0 saturated carbocycles. The lowest BCUT2D eigenvalue weighted by Crippen LogP contribution is -2.26. The van der Waals surface area contributed by atoms with Gasteiger partial charge in [-0.1, -0.05) is 41.4 Å². The molecule has 0 aliphatic carbocycles. The molecule has 5 nitrogen and oxygen atoms in total. The van der Waals surface area contributed by atoms with E-state index in [1.807, 2.05) is 6.07 Å². The number of ether oxygens (including phenoxy) is 1. The standard InChI is InChI=1S/C23H19Cl2NO4/c1-14(28)18-8-7-16(24)10-19(18)20-11-23(29)26(12-22(20)30-2)17(13-27)9-15-5-3-4-6-21(15)25/h3-8,10-13,17H,9H2,1-2H3. The first-order chi connectivity index (χ1) is 14.3. The van der Waals surface area contributed by atoms with Crippen LogP contribution in [0.2, 0.25) is 10.0 Å². The van der Waals surface area contributed by atoms with Crippen LogP contribution in [0.3, 0.4) is 0 Å². The zero-order valence-corrected chi connectivity index (χ0v) is 17.9. The minimum Gasteiger partial charge on any atom is -0.495 e. The highest BCUT2D eigenvalue weighted by Crippen LogP contribution is 2.34. The minimum atomic E-state index is -0.771. The second-order valence-corrected chi connectivity index (χ2v) is 7.59. The molecular weight excluding hydrogens is 425 g/mol. The van der Waals surface area contributed by atoms with E-state index < -0.39 is 11.6 Å². The molecule has 0 aliphatic heterocycles. The molecule has 7 heteroatoms. The van der Waals surface area contributed by atoms with E-state index in [-0.39, 0.29) is 12.2 Å². The fraction of sp³-hybridized carbons (Fsp3) is 0.174. The maximum absolute atomic E-state index is 12.9. The number of Topliss-reactive ketones (excluding diaryl/α,β-unsaturated/α-hetero) is 1. The number of pyridine rings is 1. The Morgan fingerprint density at radius 1 is 1.13 bits per heavy atom. The molecule has 1 aromatic heterocycles. The number of ketones is 1. The van der Waals surface area contributed by atoms with Crippen LogP contribution in [-0.2, 0) is 11.2 Å². The molecule has 1 heterocycles. The van der Waals surface area contributed by atoms with Crippen molar-refractivity contribution in [3.63, 3.8) is 0 Å². The summed E-state index contributed by atoms with van der Waals surface area (Å²) in [7, 11) is 1.45. The molecule has 0 bridgehead atoms. The Morgan fingerprint density at radius 3 is 2.50 bits per heavy atom. The summed E-state index contributed by atoms with van der Waals surface area (Å²) in [6.45, 7) is 1.44. The van der Waals surface area contributed by atoms with Gasteiger partial charge in [-0.05, 0) is 42.3 Å². The van der Waals surface area contributed by atoms with E-state index in [2.05, 4.69) is 0 Å². The fourth-order valence-corrected chi connectivity index (χ4v) is 3.69. The average molecular weight is 444 g/mol. The van der Waals surface area contributed by atoms with E-state index in [1.54, 1.807) is 36.4 Å². The van der Waals surface area contributed by atoms with Crippen molar-refractivity contribution in [2.45, 2.75) is 19.4 Å². The Bertz CT molecular complexity index is 1170. The predicted molar refractivity (Wildman–Crippen MR) is 118 cm³/mol. The third kappa shape index (κ3) is 4.48. The predicted octanol–water partition coefficient (Wildman–Crippen LogP) is 5.02. The van der Waals surface area contributed by atoms with Gasteiger partial charge in [-0.25, -0.2) is 0 Å². The van der Waals surface area contributed by atoms with Crippen molar-refractivity contribution in [1.29, 1.82) is 0 Å². The molecule has 154 valence electrons. The second-order valence-electron chi connectivity index (χ2n) is 6.75. The van der Waals surface area contributed by atoms with Gasteiger partial charge in [0.2, 0.25) is 0 Å². The Morgan fingerprint density at radius 2 is 1.87 bits per heavy atom. The monoisotopic (exact) mass is 443 g/mol. The van der Waals surface area contributed by atoms with Crippen molar-refractivity contribution in [3.8, 4) is 16.9 Å². The van der Waals surface area contributed by atoms with Gasteiger partial charge >= 0.3 is 0 Å². The molecule has 0 radical (unpaired) electrons. The smallest absolute Gasteiger partial charge is 0.252 e. The molecule has 30 heavy (non-hydrogen) atoms. The van der Waals surface area contributed by atoms with Crippen molar-refractivity contribution in [2.24, 2.45) is 0 Å². The highest BCUT2D eigenvalue weighted by atomic mass is 35.5. The third-order valence-electron chi connectivity index (χ3n) is 4.82. The van der Waals surface area contributed by atoms with E-state index in [9.17, 15) is 14.4 Å². The van der Waals surface area contributed by atoms with Gasteiger partial charge in [0.25, 0.3) is 5.56 Å². The Kier molecular flexibility index (Phi) is 6.75. The van der Waals surface area contributed by atoms with Crippen LogP contribution in [0.5, 0.6) is 5.75 Å². The molecule has 1 atom stereocenters. The van der Waals surface area contributed by atoms with Crippen LogP contribution in [-0.4, -0.2) is 23.7 Å². The van der Waals surface area contributed by atoms with E-state index >= 15 is 0 Å². The number of aldehydes is 1. The number of hydrogen-bond donors (Lipinski definition) is 0. The van der Waals surface area contributed by atoms with Crippen LogP contribution in [0.4, 0.5) is 0 Å². The molecule has 1 unspecified atom stereocenters. The van der Waals surface area contributed by atoms with E-state index in [0.717, 1.165) is 5.56 Å². The maximum Gasteiger partial charge on any atom is 0.252 e. The maximum atomic E-state index is 12.9. The summed E-state index contributed by atoms with van der Waals surface area (Å²) in [5.41, 5.74) is 1.67. The summed E-state index contributed by atoms with van der Waals surface area (Å²) in [4.78, 5) is 36.8. The van der Waals surface area contributed by atoms with Gasteiger partial charge in [-0.3, -0.25) is 9.59 Å². The first-order valence-electron chi connectivity index (χ1n) is 9.15. The van der Waals surface area contributed by atoms with Crippen LogP contribution in [0.15, 0.2) is 59.5 Å². The van der Waals surface area contributed by atoms with E-state index in [4.69, 9.17) is 27.9 Å². The lowest BCUT2D eigenvalue weighted by Gasteiger charge is -2.18. The SMILES string of the molecule is COc1cn(C(C=O)Cc2ccccc2Cl)c(=O)cc1-c1cc(Cl)ccc1C(C)=O. The van der Waals surface area contributed by atoms with Gasteiger partial charge in [0.05, 0.1) is 19.3 Å². The molecule has 2 aromatic carbocycles. The Labute approximate surface area is 183 Å². The lowest BCUT2D eigenvalue weighted by atomic mass is 9.97. The number of aromatic nitrogens is 1. The summed E-state index contributed by atoms with van der Waals surface area (Å²) >= 11 is 12.3.